The number of alkyl halides is 3. The van der Waals surface area contributed by atoms with Gasteiger partial charge in [-0.25, -0.2) is 18.1 Å². The van der Waals surface area contributed by atoms with Crippen molar-refractivity contribution in [3.63, 3.8) is 0 Å². The van der Waals surface area contributed by atoms with E-state index in [1.807, 2.05) is 13.0 Å². The topological polar surface area (TPSA) is 72.0 Å². The Kier molecular flexibility index (Phi) is 7.20. The molecule has 4 aromatic rings. The quantitative estimate of drug-likeness (QED) is 0.291. The number of sulfonamides is 1. The van der Waals surface area contributed by atoms with E-state index >= 15 is 0 Å². The molecule has 0 spiro atoms. The Morgan fingerprint density at radius 1 is 0.711 bits per heavy atom. The Balaban J connectivity index is 1.72. The first-order valence-corrected chi connectivity index (χ1v) is 13.4. The van der Waals surface area contributed by atoms with Crippen LogP contribution >= 0.6 is 0 Å². The predicted molar refractivity (Wildman–Crippen MR) is 143 cm³/mol. The van der Waals surface area contributed by atoms with E-state index in [0.29, 0.717) is 33.9 Å². The maximum atomic E-state index is 13.2. The summed E-state index contributed by atoms with van der Waals surface area (Å²) < 4.78 is 68.0. The van der Waals surface area contributed by atoms with Crippen LogP contribution in [-0.4, -0.2) is 23.9 Å². The molecule has 0 aliphatic rings. The first kappa shape index (κ1) is 27.5. The Labute approximate surface area is 220 Å². The zero-order valence-electron chi connectivity index (χ0n) is 21.7. The van der Waals surface area contributed by atoms with Crippen molar-refractivity contribution in [3.05, 3.63) is 89.6 Å². The molecule has 0 atom stereocenters. The van der Waals surface area contributed by atoms with Crippen molar-refractivity contribution in [2.24, 2.45) is 0 Å². The number of nitrogens with one attached hydrogen (secondary N) is 1. The van der Waals surface area contributed by atoms with Crippen molar-refractivity contribution in [2.45, 2.75) is 51.2 Å². The Morgan fingerprint density at radius 3 is 2.05 bits per heavy atom. The lowest BCUT2D eigenvalue weighted by Crippen LogP contribution is -2.40. The maximum Gasteiger partial charge on any atom is 0.416 e. The molecule has 1 N–H and O–H groups in total. The van der Waals surface area contributed by atoms with Gasteiger partial charge >= 0.3 is 6.18 Å². The molecular formula is C29H28F3N3O2S. The van der Waals surface area contributed by atoms with E-state index in [0.717, 1.165) is 11.6 Å². The van der Waals surface area contributed by atoms with Gasteiger partial charge in [0.2, 0.25) is 10.0 Å². The van der Waals surface area contributed by atoms with Gasteiger partial charge in [0.05, 0.1) is 27.5 Å². The molecule has 5 nitrogen and oxygen atoms in total. The molecule has 0 radical (unpaired) electrons. The van der Waals surface area contributed by atoms with E-state index in [1.165, 1.54) is 25.1 Å². The minimum atomic E-state index is -4.41. The number of nitrogens with zero attached hydrogens (tertiary/aromatic N) is 2. The molecule has 2 aromatic heterocycles. The highest BCUT2D eigenvalue weighted by Crippen LogP contribution is 2.35. The van der Waals surface area contributed by atoms with Crippen LogP contribution in [0.25, 0.3) is 33.8 Å². The van der Waals surface area contributed by atoms with Crippen molar-refractivity contribution in [3.8, 4) is 33.8 Å². The van der Waals surface area contributed by atoms with Crippen molar-refractivity contribution < 1.29 is 21.6 Å². The molecule has 0 bridgehead atoms. The van der Waals surface area contributed by atoms with Crippen LogP contribution in [0.3, 0.4) is 0 Å². The normalized spacial score (nSPS) is 12.5. The van der Waals surface area contributed by atoms with E-state index in [-0.39, 0.29) is 10.5 Å². The van der Waals surface area contributed by atoms with Crippen molar-refractivity contribution >= 4 is 10.0 Å². The molecule has 0 aliphatic heterocycles. The zero-order valence-corrected chi connectivity index (χ0v) is 22.5. The van der Waals surface area contributed by atoms with Gasteiger partial charge in [-0.3, -0.25) is 4.98 Å². The molecule has 0 aliphatic carbocycles. The van der Waals surface area contributed by atoms with Gasteiger partial charge in [0.25, 0.3) is 0 Å². The van der Waals surface area contributed by atoms with Crippen LogP contribution in [0, 0.1) is 13.8 Å². The van der Waals surface area contributed by atoms with Crippen molar-refractivity contribution in [1.82, 2.24) is 14.7 Å². The van der Waals surface area contributed by atoms with E-state index in [2.05, 4.69) is 9.71 Å². The Bertz CT molecular complexity index is 1610. The number of aryl methyl sites for hydroxylation is 2. The molecule has 0 unspecified atom stereocenters. The van der Waals surface area contributed by atoms with Gasteiger partial charge in [-0.15, -0.1) is 0 Å². The van der Waals surface area contributed by atoms with Gasteiger partial charge in [0.1, 0.15) is 0 Å². The summed E-state index contributed by atoms with van der Waals surface area (Å²) in [5, 5.41) is 0. The van der Waals surface area contributed by atoms with Crippen LogP contribution in [0.2, 0.25) is 0 Å². The molecule has 0 amide bonds. The predicted octanol–water partition coefficient (Wildman–Crippen LogP) is 7.19. The monoisotopic (exact) mass is 539 g/mol. The first-order valence-electron chi connectivity index (χ1n) is 11.9. The molecule has 0 saturated heterocycles. The smallest absolute Gasteiger partial charge is 0.251 e. The standard InChI is InChI=1S/C29H28F3N3O2S/c1-18-14-20(12-13-24(18)29(30,31)32)22-15-19(2)33-27(17-22)26-11-7-10-25(34-26)21-8-6-9-23(16-21)38(36,37)35-28(3,4)5/h6-17,35H,1-5H3. The molecule has 2 heterocycles. The lowest BCUT2D eigenvalue weighted by atomic mass is 9.98. The lowest BCUT2D eigenvalue weighted by Gasteiger charge is -2.20. The summed E-state index contributed by atoms with van der Waals surface area (Å²) in [5.74, 6) is 0. The second-order valence-corrected chi connectivity index (χ2v) is 11.9. The number of hydrogen-bond acceptors (Lipinski definition) is 4. The zero-order chi connectivity index (χ0) is 27.9. The van der Waals surface area contributed by atoms with E-state index in [4.69, 9.17) is 4.98 Å². The highest BCUT2D eigenvalue weighted by Gasteiger charge is 2.32. The molecule has 0 fully saturated rings. The van der Waals surface area contributed by atoms with E-state index in [1.54, 1.807) is 63.2 Å². The van der Waals surface area contributed by atoms with Gasteiger partial charge in [0.15, 0.2) is 0 Å². The fraction of sp³-hybridized carbons (Fsp3) is 0.241. The molecule has 9 heteroatoms. The van der Waals surface area contributed by atoms with Crippen LogP contribution in [0.1, 0.15) is 37.6 Å². The Hall–Kier alpha value is -3.56. The molecule has 4 rings (SSSR count). The summed E-state index contributed by atoms with van der Waals surface area (Å²) in [5.41, 5.74) is 3.18. The number of rotatable bonds is 5. The third-order valence-corrected chi connectivity index (χ3v) is 7.47. The summed E-state index contributed by atoms with van der Waals surface area (Å²) >= 11 is 0. The molecule has 2 aromatic carbocycles. The average molecular weight is 540 g/mol. The van der Waals surface area contributed by atoms with Crippen molar-refractivity contribution in [2.75, 3.05) is 0 Å². The van der Waals surface area contributed by atoms with E-state index in [9.17, 15) is 21.6 Å². The van der Waals surface area contributed by atoms with Crippen LogP contribution in [-0.2, 0) is 16.2 Å². The first-order chi connectivity index (χ1) is 17.6. The van der Waals surface area contributed by atoms with Crippen LogP contribution < -0.4 is 4.72 Å². The van der Waals surface area contributed by atoms with Gasteiger partial charge in [-0.2, -0.15) is 13.2 Å². The van der Waals surface area contributed by atoms with Gasteiger partial charge in [0, 0.05) is 16.8 Å². The number of aromatic nitrogens is 2. The summed E-state index contributed by atoms with van der Waals surface area (Å²) in [4.78, 5) is 9.45. The number of halogens is 3. The average Bonchev–Trinajstić information content (AvgIpc) is 2.81. The number of benzene rings is 2. The second kappa shape index (κ2) is 9.96. The molecule has 198 valence electrons. The third kappa shape index (κ3) is 6.28. The summed E-state index contributed by atoms with van der Waals surface area (Å²) in [6.45, 7) is 8.57. The van der Waals surface area contributed by atoms with Crippen molar-refractivity contribution in [1.29, 1.82) is 0 Å². The fourth-order valence-corrected chi connectivity index (χ4v) is 5.61. The van der Waals surface area contributed by atoms with Gasteiger partial charge in [-0.1, -0.05) is 30.3 Å². The van der Waals surface area contributed by atoms with Crippen LogP contribution in [0.5, 0.6) is 0 Å². The second-order valence-electron chi connectivity index (χ2n) is 10.2. The SMILES string of the molecule is Cc1cc(-c2ccc(C(F)(F)F)c(C)c2)cc(-c2cccc(-c3cccc(S(=O)(=O)NC(C)(C)C)c3)n2)n1. The summed E-state index contributed by atoms with van der Waals surface area (Å²) in [6.07, 6.45) is -4.41. The highest BCUT2D eigenvalue weighted by atomic mass is 32.2. The highest BCUT2D eigenvalue weighted by molar-refractivity contribution is 7.89. The van der Waals surface area contributed by atoms with E-state index < -0.39 is 27.3 Å². The third-order valence-electron chi connectivity index (χ3n) is 5.71. The number of hydrogen-bond donors (Lipinski definition) is 1. The largest absolute Gasteiger partial charge is 0.416 e. The minimum absolute atomic E-state index is 0.130. The van der Waals surface area contributed by atoms with Gasteiger partial charge < -0.3 is 0 Å². The molecule has 38 heavy (non-hydrogen) atoms. The molecular weight excluding hydrogens is 511 g/mol. The summed E-state index contributed by atoms with van der Waals surface area (Å²) in [7, 11) is -3.73. The maximum absolute atomic E-state index is 13.2. The fourth-order valence-electron chi connectivity index (χ4n) is 4.15. The van der Waals surface area contributed by atoms with Gasteiger partial charge in [-0.05, 0) is 93.8 Å². The Morgan fingerprint density at radius 2 is 1.39 bits per heavy atom. The lowest BCUT2D eigenvalue weighted by molar-refractivity contribution is -0.138. The minimum Gasteiger partial charge on any atom is -0.251 e. The summed E-state index contributed by atoms with van der Waals surface area (Å²) in [6, 6.07) is 19.6. The van der Waals surface area contributed by atoms with Crippen LogP contribution in [0.4, 0.5) is 13.2 Å². The number of pyridine rings is 2. The van der Waals surface area contributed by atoms with Crippen LogP contribution in [0.15, 0.2) is 77.7 Å². The molecule has 0 saturated carbocycles.